The first kappa shape index (κ1) is 13.3. The molecule has 0 saturated carbocycles. The summed E-state index contributed by atoms with van der Waals surface area (Å²) in [5.74, 6) is -1.15. The van der Waals surface area contributed by atoms with Crippen LogP contribution in [-0.2, 0) is 0 Å². The molecule has 2 heterocycles. The fraction of sp³-hybridized carbons (Fsp3) is 0. The summed E-state index contributed by atoms with van der Waals surface area (Å²) in [6, 6.07) is 6.12. The Morgan fingerprint density at radius 3 is 2.95 bits per heavy atom. The number of halogens is 3. The molecule has 0 radical (unpaired) electrons. The topological polar surface area (TPSA) is 45.8 Å². The summed E-state index contributed by atoms with van der Waals surface area (Å²) in [5, 5.41) is 0.554. The highest BCUT2D eigenvalue weighted by Gasteiger charge is 2.19. The zero-order valence-electron chi connectivity index (χ0n) is 9.95. The van der Waals surface area contributed by atoms with Crippen LogP contribution in [0.15, 0.2) is 41.1 Å². The van der Waals surface area contributed by atoms with Gasteiger partial charge < -0.3 is 4.98 Å². The summed E-state index contributed by atoms with van der Waals surface area (Å²) in [4.78, 5) is 19.5. The number of H-pyrrole nitrogens is 1. The van der Waals surface area contributed by atoms with E-state index in [2.05, 4.69) is 25.9 Å². The van der Waals surface area contributed by atoms with Crippen LogP contribution < -0.4 is 0 Å². The number of nitrogens with zero attached hydrogens (tertiary/aromatic N) is 1. The minimum absolute atomic E-state index is 0.0571. The highest BCUT2D eigenvalue weighted by Crippen LogP contribution is 2.25. The van der Waals surface area contributed by atoms with Gasteiger partial charge in [-0.25, -0.2) is 9.37 Å². The number of ketones is 1. The van der Waals surface area contributed by atoms with E-state index in [1.54, 1.807) is 18.3 Å². The molecule has 0 aliphatic carbocycles. The number of nitrogens with one attached hydrogen (secondary N) is 1. The number of aromatic nitrogens is 2. The first-order chi connectivity index (χ1) is 9.58. The molecule has 0 saturated heterocycles. The maximum atomic E-state index is 13.9. The molecule has 0 atom stereocenters. The van der Waals surface area contributed by atoms with Crippen LogP contribution in [0.3, 0.4) is 0 Å². The highest BCUT2D eigenvalue weighted by molar-refractivity contribution is 9.10. The molecule has 2 aromatic heterocycles. The maximum Gasteiger partial charge on any atom is 0.198 e. The number of hydrogen-bond acceptors (Lipinski definition) is 2. The Bertz CT molecular complexity index is 831. The van der Waals surface area contributed by atoms with Crippen molar-refractivity contribution in [1.82, 2.24) is 9.97 Å². The van der Waals surface area contributed by atoms with E-state index in [0.29, 0.717) is 16.6 Å². The molecule has 0 aliphatic heterocycles. The van der Waals surface area contributed by atoms with Gasteiger partial charge in [-0.05, 0) is 34.1 Å². The van der Waals surface area contributed by atoms with E-state index < -0.39 is 11.6 Å². The molecular weight excluding hydrogens is 347 g/mol. The molecule has 0 bridgehead atoms. The lowest BCUT2D eigenvalue weighted by Crippen LogP contribution is -2.04. The van der Waals surface area contributed by atoms with Crippen LogP contribution in [0.1, 0.15) is 15.9 Å². The minimum Gasteiger partial charge on any atom is -0.345 e. The Labute approximate surface area is 126 Å². The van der Waals surface area contributed by atoms with Gasteiger partial charge in [0.25, 0.3) is 0 Å². The molecular formula is C14H7BrClFN2O. The Hall–Kier alpha value is -1.72. The largest absolute Gasteiger partial charge is 0.345 e. The van der Waals surface area contributed by atoms with Gasteiger partial charge in [-0.3, -0.25) is 4.79 Å². The van der Waals surface area contributed by atoms with Gasteiger partial charge in [-0.1, -0.05) is 17.7 Å². The van der Waals surface area contributed by atoms with E-state index in [0.717, 1.165) is 4.47 Å². The maximum absolute atomic E-state index is 13.9. The van der Waals surface area contributed by atoms with Gasteiger partial charge in [0.15, 0.2) is 11.6 Å². The molecule has 100 valence electrons. The van der Waals surface area contributed by atoms with E-state index in [4.69, 9.17) is 11.6 Å². The van der Waals surface area contributed by atoms with Crippen molar-refractivity contribution in [3.05, 3.63) is 63.1 Å². The SMILES string of the molecule is O=C(c1cccc(Cl)c1F)c1c[nH]c2ncc(Br)cc12. The van der Waals surface area contributed by atoms with Crippen LogP contribution in [0.25, 0.3) is 11.0 Å². The lowest BCUT2D eigenvalue weighted by molar-refractivity contribution is 0.103. The zero-order valence-corrected chi connectivity index (χ0v) is 12.3. The smallest absolute Gasteiger partial charge is 0.198 e. The molecule has 6 heteroatoms. The van der Waals surface area contributed by atoms with Crippen molar-refractivity contribution >= 4 is 44.3 Å². The minimum atomic E-state index is -0.712. The monoisotopic (exact) mass is 352 g/mol. The second-order valence-electron chi connectivity index (χ2n) is 4.18. The van der Waals surface area contributed by atoms with Crippen molar-refractivity contribution < 1.29 is 9.18 Å². The van der Waals surface area contributed by atoms with Crippen LogP contribution in [0.5, 0.6) is 0 Å². The molecule has 3 rings (SSSR count). The molecule has 0 amide bonds. The van der Waals surface area contributed by atoms with E-state index >= 15 is 0 Å². The van der Waals surface area contributed by atoms with E-state index in [9.17, 15) is 9.18 Å². The average molecular weight is 354 g/mol. The standard InChI is InChI=1S/C14H7BrClFN2O/c15-7-4-9-10(6-19-14(9)18-5-7)13(20)8-2-1-3-11(16)12(8)17/h1-6H,(H,18,19). The normalized spacial score (nSPS) is 10.9. The third-order valence-electron chi connectivity index (χ3n) is 2.94. The van der Waals surface area contributed by atoms with Crippen molar-refractivity contribution in [3.8, 4) is 0 Å². The number of pyridine rings is 1. The Morgan fingerprint density at radius 2 is 2.15 bits per heavy atom. The predicted molar refractivity (Wildman–Crippen MR) is 78.6 cm³/mol. The molecule has 3 nitrogen and oxygen atoms in total. The molecule has 0 fully saturated rings. The molecule has 0 spiro atoms. The molecule has 1 aromatic carbocycles. The van der Waals surface area contributed by atoms with Crippen molar-refractivity contribution in [3.63, 3.8) is 0 Å². The molecule has 20 heavy (non-hydrogen) atoms. The van der Waals surface area contributed by atoms with Gasteiger partial charge in [-0.2, -0.15) is 0 Å². The molecule has 0 aliphatic rings. The van der Waals surface area contributed by atoms with Gasteiger partial charge in [0.05, 0.1) is 10.6 Å². The average Bonchev–Trinajstić information content (AvgIpc) is 2.84. The zero-order chi connectivity index (χ0) is 14.3. The summed E-state index contributed by atoms with van der Waals surface area (Å²) in [6.45, 7) is 0. The summed E-state index contributed by atoms with van der Waals surface area (Å²) < 4.78 is 14.7. The summed E-state index contributed by atoms with van der Waals surface area (Å²) in [7, 11) is 0. The van der Waals surface area contributed by atoms with Crippen LogP contribution >= 0.6 is 27.5 Å². The summed E-state index contributed by atoms with van der Waals surface area (Å²) in [6.07, 6.45) is 3.14. The van der Waals surface area contributed by atoms with Crippen molar-refractivity contribution in [2.45, 2.75) is 0 Å². The lowest BCUT2D eigenvalue weighted by Gasteiger charge is -2.03. The van der Waals surface area contributed by atoms with Gasteiger partial charge >= 0.3 is 0 Å². The summed E-state index contributed by atoms with van der Waals surface area (Å²) in [5.41, 5.74) is 0.868. The number of rotatable bonds is 2. The van der Waals surface area contributed by atoms with Crippen molar-refractivity contribution in [2.75, 3.05) is 0 Å². The third-order valence-corrected chi connectivity index (χ3v) is 3.66. The predicted octanol–water partition coefficient (Wildman–Crippen LogP) is 4.35. The van der Waals surface area contributed by atoms with Crippen LogP contribution in [-0.4, -0.2) is 15.8 Å². The quantitative estimate of drug-likeness (QED) is 0.696. The summed E-state index contributed by atoms with van der Waals surface area (Å²) >= 11 is 9.01. The van der Waals surface area contributed by atoms with Gasteiger partial charge in [-0.15, -0.1) is 0 Å². The fourth-order valence-electron chi connectivity index (χ4n) is 1.99. The number of aromatic amines is 1. The number of carbonyl (C=O) groups excluding carboxylic acids is 1. The second-order valence-corrected chi connectivity index (χ2v) is 5.51. The fourth-order valence-corrected chi connectivity index (χ4v) is 2.50. The molecule has 0 unspecified atom stereocenters. The van der Waals surface area contributed by atoms with E-state index in [1.165, 1.54) is 18.3 Å². The lowest BCUT2D eigenvalue weighted by atomic mass is 10.0. The third kappa shape index (κ3) is 2.13. The molecule has 3 aromatic rings. The van der Waals surface area contributed by atoms with Gasteiger partial charge in [0.1, 0.15) is 5.65 Å². The van der Waals surface area contributed by atoms with Crippen LogP contribution in [0, 0.1) is 5.82 Å². The Kier molecular flexibility index (Phi) is 3.31. The number of carbonyl (C=O) groups is 1. The van der Waals surface area contributed by atoms with E-state index in [-0.39, 0.29) is 10.6 Å². The van der Waals surface area contributed by atoms with Crippen LogP contribution in [0.2, 0.25) is 5.02 Å². The Morgan fingerprint density at radius 1 is 1.35 bits per heavy atom. The number of fused-ring (bicyclic) bond motifs is 1. The Balaban J connectivity index is 2.18. The van der Waals surface area contributed by atoms with Gasteiger partial charge in [0, 0.05) is 27.8 Å². The first-order valence-corrected chi connectivity index (χ1v) is 6.86. The van der Waals surface area contributed by atoms with Crippen molar-refractivity contribution in [2.24, 2.45) is 0 Å². The highest BCUT2D eigenvalue weighted by atomic mass is 79.9. The van der Waals surface area contributed by atoms with Crippen LogP contribution in [0.4, 0.5) is 4.39 Å². The number of benzene rings is 1. The van der Waals surface area contributed by atoms with Crippen molar-refractivity contribution in [1.29, 1.82) is 0 Å². The number of hydrogen-bond donors (Lipinski definition) is 1. The van der Waals surface area contributed by atoms with Gasteiger partial charge in [0.2, 0.25) is 0 Å². The second kappa shape index (κ2) is 5.00. The first-order valence-electron chi connectivity index (χ1n) is 5.69. The molecule has 1 N–H and O–H groups in total. The van der Waals surface area contributed by atoms with E-state index in [1.807, 2.05) is 0 Å².